The van der Waals surface area contributed by atoms with Crippen LogP contribution in [0.15, 0.2) is 54.6 Å². The van der Waals surface area contributed by atoms with Gasteiger partial charge in [0, 0.05) is 97.5 Å². The van der Waals surface area contributed by atoms with Crippen LogP contribution < -0.4 is 0 Å². The van der Waals surface area contributed by atoms with Gasteiger partial charge in [-0.1, -0.05) is 18.2 Å². The maximum Gasteiger partial charge on any atom is 0.354 e. The van der Waals surface area contributed by atoms with E-state index in [1.807, 2.05) is 0 Å². The van der Waals surface area contributed by atoms with Gasteiger partial charge in [-0.2, -0.15) is 0 Å². The number of carbonyl (C=O) groups is 3. The van der Waals surface area contributed by atoms with Crippen LogP contribution >= 0.6 is 0 Å². The van der Waals surface area contributed by atoms with Crippen molar-refractivity contribution in [2.45, 2.75) is 19.6 Å². The number of hydrogen-bond donors (Lipinski definition) is 3. The summed E-state index contributed by atoms with van der Waals surface area (Å²) in [6.07, 6.45) is 0. The standard InChI is InChI=1S/C27H30N6O6.Tb/c34-25(35)22-7-1-4-19(28-22)16-31-10-12-32(17-20-5-2-8-23(29-20)26(36)37)14-15-33(13-11-31)18-21-6-3-9-24(30-21)27(38)39;/h1-9H,10-18H2,(H,34,35)(H,36,37)(H,38,39);. The summed E-state index contributed by atoms with van der Waals surface area (Å²) in [6.45, 7) is 5.45. The van der Waals surface area contributed by atoms with Crippen molar-refractivity contribution in [3.8, 4) is 0 Å². The Labute approximate surface area is 262 Å². The summed E-state index contributed by atoms with van der Waals surface area (Å²) in [4.78, 5) is 53.5. The molecule has 213 valence electrons. The molecule has 0 aliphatic carbocycles. The Balaban J connectivity index is 0.00000441. The smallest absolute Gasteiger partial charge is 0.354 e. The topological polar surface area (TPSA) is 160 Å². The Bertz CT molecular complexity index is 1170. The Morgan fingerprint density at radius 2 is 0.775 bits per heavy atom. The van der Waals surface area contributed by atoms with Crippen molar-refractivity contribution < 1.29 is 68.3 Å². The number of hydrogen-bond acceptors (Lipinski definition) is 9. The largest absolute Gasteiger partial charge is 0.477 e. The van der Waals surface area contributed by atoms with Gasteiger partial charge in [-0.3, -0.25) is 14.7 Å². The molecule has 1 saturated heterocycles. The fraction of sp³-hybridized carbons (Fsp3) is 0.333. The summed E-state index contributed by atoms with van der Waals surface area (Å²) < 4.78 is 0. The molecule has 1 fully saturated rings. The second kappa shape index (κ2) is 15.1. The molecule has 4 rings (SSSR count). The number of nitrogens with zero attached hydrogens (tertiary/aromatic N) is 6. The molecule has 4 heterocycles. The molecule has 0 spiro atoms. The zero-order valence-corrected chi connectivity index (χ0v) is 23.8. The molecular formula is C27H30N6O6Tb. The molecule has 40 heavy (non-hydrogen) atoms. The first-order chi connectivity index (χ1) is 18.8. The molecule has 3 aromatic rings. The van der Waals surface area contributed by atoms with Gasteiger partial charge in [0.25, 0.3) is 0 Å². The Morgan fingerprint density at radius 1 is 0.525 bits per heavy atom. The second-order valence-corrected chi connectivity index (χ2v) is 9.29. The average molecular weight is 693 g/mol. The van der Waals surface area contributed by atoms with Gasteiger partial charge in [0.05, 0.1) is 17.1 Å². The van der Waals surface area contributed by atoms with E-state index in [1.165, 1.54) is 18.2 Å². The number of aromatic nitrogens is 3. The third kappa shape index (κ3) is 9.30. The Hall–Kier alpha value is -2.97. The molecule has 1 radical (unpaired) electrons. The van der Waals surface area contributed by atoms with Gasteiger partial charge in [0.2, 0.25) is 0 Å². The van der Waals surface area contributed by atoms with E-state index in [9.17, 15) is 29.7 Å². The summed E-state index contributed by atoms with van der Waals surface area (Å²) in [7, 11) is 0. The predicted octanol–water partition coefficient (Wildman–Crippen LogP) is 1.79. The van der Waals surface area contributed by atoms with Gasteiger partial charge in [-0.05, 0) is 36.4 Å². The summed E-state index contributed by atoms with van der Waals surface area (Å²) in [5.41, 5.74) is 1.94. The third-order valence-electron chi connectivity index (χ3n) is 6.43. The third-order valence-corrected chi connectivity index (χ3v) is 6.43. The van der Waals surface area contributed by atoms with Crippen molar-refractivity contribution in [3.63, 3.8) is 0 Å². The van der Waals surface area contributed by atoms with Crippen LogP contribution in [0.3, 0.4) is 0 Å². The minimum absolute atomic E-state index is 0. The average Bonchev–Trinajstić information content (AvgIpc) is 3.01. The maximum atomic E-state index is 11.4. The Kier molecular flexibility index (Phi) is 11.9. The molecule has 12 nitrogen and oxygen atoms in total. The van der Waals surface area contributed by atoms with Crippen molar-refractivity contribution in [1.82, 2.24) is 29.7 Å². The SMILES string of the molecule is O=C(O)c1cccc(CN2CCN(Cc3cccc(C(=O)O)n3)CCN(Cc3cccc(C(=O)O)n3)CC2)n1.[Tb]. The van der Waals surface area contributed by atoms with Crippen LogP contribution in [-0.4, -0.2) is 102 Å². The Morgan fingerprint density at radius 3 is 1.00 bits per heavy atom. The van der Waals surface area contributed by atoms with Crippen LogP contribution in [-0.2, 0) is 19.6 Å². The minimum atomic E-state index is -1.08. The monoisotopic (exact) mass is 693 g/mol. The number of carboxylic acid groups (broad SMARTS) is 3. The quantitative estimate of drug-likeness (QED) is 0.299. The van der Waals surface area contributed by atoms with E-state index in [2.05, 4.69) is 29.7 Å². The second-order valence-electron chi connectivity index (χ2n) is 9.29. The molecule has 13 heteroatoms. The van der Waals surface area contributed by atoms with Crippen LogP contribution in [0.4, 0.5) is 0 Å². The van der Waals surface area contributed by atoms with E-state index >= 15 is 0 Å². The minimum Gasteiger partial charge on any atom is -0.477 e. The van der Waals surface area contributed by atoms with Crippen molar-refractivity contribution in [2.75, 3.05) is 39.3 Å². The van der Waals surface area contributed by atoms with Crippen LogP contribution in [0, 0.1) is 38.6 Å². The summed E-state index contributed by atoms with van der Waals surface area (Å²) in [5, 5.41) is 28.0. The van der Waals surface area contributed by atoms with Crippen molar-refractivity contribution in [2.24, 2.45) is 0 Å². The number of aromatic carboxylic acids is 3. The fourth-order valence-electron chi connectivity index (χ4n) is 4.41. The van der Waals surface area contributed by atoms with E-state index in [4.69, 9.17) is 0 Å². The van der Waals surface area contributed by atoms with Gasteiger partial charge in [0.1, 0.15) is 17.1 Å². The summed E-state index contributed by atoms with van der Waals surface area (Å²) >= 11 is 0. The van der Waals surface area contributed by atoms with E-state index in [-0.39, 0.29) is 55.7 Å². The molecule has 0 unspecified atom stereocenters. The van der Waals surface area contributed by atoms with Crippen molar-refractivity contribution in [1.29, 1.82) is 0 Å². The molecule has 0 aromatic carbocycles. The van der Waals surface area contributed by atoms with E-state index in [0.717, 1.165) is 0 Å². The number of rotatable bonds is 9. The first kappa shape index (κ1) is 31.6. The summed E-state index contributed by atoms with van der Waals surface area (Å²) in [5.74, 6) is -3.23. The van der Waals surface area contributed by atoms with Crippen LogP contribution in [0.5, 0.6) is 0 Å². The molecule has 3 aromatic heterocycles. The van der Waals surface area contributed by atoms with Gasteiger partial charge in [-0.15, -0.1) is 0 Å². The summed E-state index contributed by atoms with van der Waals surface area (Å²) in [6, 6.07) is 14.8. The molecule has 0 amide bonds. The van der Waals surface area contributed by atoms with Crippen LogP contribution in [0.1, 0.15) is 48.5 Å². The van der Waals surface area contributed by atoms with Gasteiger partial charge in [0.15, 0.2) is 0 Å². The van der Waals surface area contributed by atoms with E-state index in [1.54, 1.807) is 36.4 Å². The number of carboxylic acids is 3. The van der Waals surface area contributed by atoms with Crippen molar-refractivity contribution >= 4 is 17.9 Å². The predicted molar refractivity (Wildman–Crippen MR) is 139 cm³/mol. The molecule has 3 N–H and O–H groups in total. The molecule has 0 bridgehead atoms. The normalized spacial score (nSPS) is 15.3. The van der Waals surface area contributed by atoms with Gasteiger partial charge < -0.3 is 15.3 Å². The first-order valence-electron chi connectivity index (χ1n) is 12.5. The molecule has 0 atom stereocenters. The van der Waals surface area contributed by atoms with Crippen LogP contribution in [0.25, 0.3) is 0 Å². The molecule has 0 saturated carbocycles. The van der Waals surface area contributed by atoms with E-state index in [0.29, 0.717) is 76.0 Å². The van der Waals surface area contributed by atoms with Crippen molar-refractivity contribution in [3.05, 3.63) is 88.8 Å². The zero-order valence-electron chi connectivity index (χ0n) is 21.6. The maximum absolute atomic E-state index is 11.4. The zero-order chi connectivity index (χ0) is 27.8. The van der Waals surface area contributed by atoms with E-state index < -0.39 is 17.9 Å². The molecular weight excluding hydrogens is 663 g/mol. The molecule has 1 aliphatic rings. The molecule has 1 aliphatic heterocycles. The first-order valence-corrected chi connectivity index (χ1v) is 12.5. The van der Waals surface area contributed by atoms with Gasteiger partial charge >= 0.3 is 17.9 Å². The fourth-order valence-corrected chi connectivity index (χ4v) is 4.41. The van der Waals surface area contributed by atoms with Gasteiger partial charge in [-0.25, -0.2) is 29.3 Å². The number of pyridine rings is 3. The van der Waals surface area contributed by atoms with Crippen LogP contribution in [0.2, 0.25) is 0 Å².